The van der Waals surface area contributed by atoms with Crippen LogP contribution >= 0.6 is 0 Å². The fourth-order valence-electron chi connectivity index (χ4n) is 3.33. The predicted molar refractivity (Wildman–Crippen MR) is 92.2 cm³/mol. The van der Waals surface area contributed by atoms with Crippen LogP contribution in [-0.4, -0.2) is 39.3 Å². The first-order valence-corrected chi connectivity index (χ1v) is 8.83. The molecular weight excluding hydrogens is 320 g/mol. The summed E-state index contributed by atoms with van der Waals surface area (Å²) in [6, 6.07) is 3.90. The van der Waals surface area contributed by atoms with Crippen molar-refractivity contribution in [2.45, 2.75) is 44.8 Å². The van der Waals surface area contributed by atoms with Gasteiger partial charge in [0.15, 0.2) is 17.4 Å². The normalized spacial score (nSPS) is 17.7. The van der Waals surface area contributed by atoms with Crippen LogP contribution in [0, 0.1) is 0 Å². The van der Waals surface area contributed by atoms with Crippen molar-refractivity contribution in [2.75, 3.05) is 18.1 Å². The van der Waals surface area contributed by atoms with E-state index in [-0.39, 0.29) is 12.7 Å². The molecule has 1 saturated carbocycles. The molecule has 1 aliphatic carbocycles. The molecule has 1 fully saturated rings. The van der Waals surface area contributed by atoms with Crippen molar-refractivity contribution in [2.24, 2.45) is 0 Å². The standard InChI is InChI=1S/C18H22N4O3/c23-12-16-19-11-15-18(21-16)22(8-9-24-15)13-6-7-17(20-10-13)25-14-4-2-1-3-5-14/h6-7,10-11,14,23H,1-5,8-9,12H2. The van der Waals surface area contributed by atoms with E-state index in [1.807, 2.05) is 17.0 Å². The zero-order valence-corrected chi connectivity index (χ0v) is 14.1. The van der Waals surface area contributed by atoms with Crippen molar-refractivity contribution >= 4 is 11.5 Å². The minimum absolute atomic E-state index is 0.201. The Morgan fingerprint density at radius 2 is 2.04 bits per heavy atom. The second-order valence-corrected chi connectivity index (χ2v) is 6.36. The van der Waals surface area contributed by atoms with Crippen LogP contribution in [0.4, 0.5) is 11.5 Å². The molecule has 0 bridgehead atoms. The lowest BCUT2D eigenvalue weighted by Gasteiger charge is -2.30. The molecule has 0 saturated heterocycles. The summed E-state index contributed by atoms with van der Waals surface area (Å²) in [5.41, 5.74) is 0.920. The van der Waals surface area contributed by atoms with Gasteiger partial charge in [-0.1, -0.05) is 6.42 Å². The molecule has 7 nitrogen and oxygen atoms in total. The lowest BCUT2D eigenvalue weighted by Crippen LogP contribution is -2.30. The number of aromatic nitrogens is 3. The highest BCUT2D eigenvalue weighted by Gasteiger charge is 2.23. The molecule has 0 unspecified atom stereocenters. The number of hydrogen-bond acceptors (Lipinski definition) is 7. The first-order valence-electron chi connectivity index (χ1n) is 8.83. The fraction of sp³-hybridized carbons (Fsp3) is 0.500. The Hall–Kier alpha value is -2.41. The van der Waals surface area contributed by atoms with Crippen molar-refractivity contribution in [3.05, 3.63) is 30.4 Å². The van der Waals surface area contributed by atoms with Gasteiger partial charge in [0.25, 0.3) is 0 Å². The summed E-state index contributed by atoms with van der Waals surface area (Å²) in [6.45, 7) is 1.02. The molecule has 2 aromatic rings. The highest BCUT2D eigenvalue weighted by molar-refractivity contribution is 5.65. The van der Waals surface area contributed by atoms with Gasteiger partial charge in [0.1, 0.15) is 19.3 Å². The van der Waals surface area contributed by atoms with Crippen LogP contribution in [0.15, 0.2) is 24.5 Å². The van der Waals surface area contributed by atoms with Gasteiger partial charge in [-0.25, -0.2) is 15.0 Å². The van der Waals surface area contributed by atoms with Crippen molar-refractivity contribution < 1.29 is 14.6 Å². The predicted octanol–water partition coefficient (Wildman–Crippen LogP) is 2.61. The third kappa shape index (κ3) is 3.51. The molecule has 4 rings (SSSR count). The van der Waals surface area contributed by atoms with Crippen LogP contribution in [0.1, 0.15) is 37.9 Å². The largest absolute Gasteiger partial charge is 0.486 e. The summed E-state index contributed by atoms with van der Waals surface area (Å²) >= 11 is 0. The Morgan fingerprint density at radius 3 is 2.80 bits per heavy atom. The van der Waals surface area contributed by atoms with Crippen molar-refractivity contribution in [1.29, 1.82) is 0 Å². The average molecular weight is 342 g/mol. The van der Waals surface area contributed by atoms with Crippen molar-refractivity contribution in [3.63, 3.8) is 0 Å². The molecule has 0 radical (unpaired) electrons. The average Bonchev–Trinajstić information content (AvgIpc) is 2.68. The van der Waals surface area contributed by atoms with Gasteiger partial charge in [0.2, 0.25) is 5.88 Å². The van der Waals surface area contributed by atoms with Crippen molar-refractivity contribution in [1.82, 2.24) is 15.0 Å². The number of aliphatic hydroxyl groups excluding tert-OH is 1. The van der Waals surface area contributed by atoms with Crippen LogP contribution in [0.5, 0.6) is 11.6 Å². The maximum absolute atomic E-state index is 9.27. The lowest BCUT2D eigenvalue weighted by atomic mass is 9.98. The molecule has 132 valence electrons. The number of pyridine rings is 1. The summed E-state index contributed by atoms with van der Waals surface area (Å²) in [5, 5.41) is 9.27. The summed E-state index contributed by atoms with van der Waals surface area (Å²) < 4.78 is 11.6. The van der Waals surface area contributed by atoms with E-state index >= 15 is 0 Å². The molecule has 2 aromatic heterocycles. The molecule has 25 heavy (non-hydrogen) atoms. The zero-order valence-electron chi connectivity index (χ0n) is 14.1. The van der Waals surface area contributed by atoms with E-state index < -0.39 is 0 Å². The first kappa shape index (κ1) is 16.1. The van der Waals surface area contributed by atoms with Crippen molar-refractivity contribution in [3.8, 4) is 11.6 Å². The minimum atomic E-state index is -0.201. The second-order valence-electron chi connectivity index (χ2n) is 6.36. The number of fused-ring (bicyclic) bond motifs is 1. The van der Waals surface area contributed by atoms with Gasteiger partial charge in [0, 0.05) is 6.07 Å². The van der Waals surface area contributed by atoms with E-state index in [0.29, 0.717) is 36.4 Å². The van der Waals surface area contributed by atoms with Gasteiger partial charge in [-0.2, -0.15) is 0 Å². The highest BCUT2D eigenvalue weighted by atomic mass is 16.5. The van der Waals surface area contributed by atoms with E-state index in [2.05, 4.69) is 15.0 Å². The Balaban J connectivity index is 1.52. The van der Waals surface area contributed by atoms with Gasteiger partial charge in [-0.05, 0) is 31.7 Å². The van der Waals surface area contributed by atoms with E-state index in [9.17, 15) is 5.11 Å². The number of hydrogen-bond donors (Lipinski definition) is 1. The highest BCUT2D eigenvalue weighted by Crippen LogP contribution is 2.34. The minimum Gasteiger partial charge on any atom is -0.486 e. The molecule has 7 heteroatoms. The zero-order chi connectivity index (χ0) is 17.1. The number of ether oxygens (including phenoxy) is 2. The van der Waals surface area contributed by atoms with Crippen LogP contribution < -0.4 is 14.4 Å². The molecule has 1 aliphatic heterocycles. The molecule has 3 heterocycles. The third-order valence-electron chi connectivity index (χ3n) is 4.63. The van der Waals surface area contributed by atoms with Gasteiger partial charge in [0.05, 0.1) is 24.6 Å². The molecule has 0 atom stereocenters. The van der Waals surface area contributed by atoms with Crippen LogP contribution in [0.3, 0.4) is 0 Å². The van der Waals surface area contributed by atoms with Crippen LogP contribution in [-0.2, 0) is 6.61 Å². The van der Waals surface area contributed by atoms with Gasteiger partial charge in [-0.3, -0.25) is 0 Å². The Labute approximate surface area is 146 Å². The summed E-state index contributed by atoms with van der Waals surface area (Å²) in [5.74, 6) is 2.32. The molecule has 2 aliphatic rings. The van der Waals surface area contributed by atoms with Crippen LogP contribution in [0.2, 0.25) is 0 Å². The Bertz CT molecular complexity index is 717. The number of anilines is 2. The van der Waals surface area contributed by atoms with E-state index in [0.717, 1.165) is 18.5 Å². The lowest BCUT2D eigenvalue weighted by molar-refractivity contribution is 0.148. The smallest absolute Gasteiger partial charge is 0.213 e. The quantitative estimate of drug-likeness (QED) is 0.914. The molecule has 0 aromatic carbocycles. The van der Waals surface area contributed by atoms with E-state index in [1.54, 1.807) is 12.4 Å². The second kappa shape index (κ2) is 7.23. The Morgan fingerprint density at radius 1 is 1.16 bits per heavy atom. The Kier molecular flexibility index (Phi) is 4.65. The number of rotatable bonds is 4. The SMILES string of the molecule is OCc1ncc2c(n1)N(c1ccc(OC3CCCCC3)nc1)CCO2. The molecule has 1 N–H and O–H groups in total. The maximum Gasteiger partial charge on any atom is 0.213 e. The molecular formula is C18H22N4O3. The van der Waals surface area contributed by atoms with Gasteiger partial charge < -0.3 is 19.5 Å². The molecule has 0 spiro atoms. The van der Waals surface area contributed by atoms with Crippen LogP contribution in [0.25, 0.3) is 0 Å². The molecule has 0 amide bonds. The summed E-state index contributed by atoms with van der Waals surface area (Å²) in [4.78, 5) is 14.9. The fourth-order valence-corrected chi connectivity index (χ4v) is 3.33. The summed E-state index contributed by atoms with van der Waals surface area (Å²) in [7, 11) is 0. The first-order chi connectivity index (χ1) is 12.3. The van der Waals surface area contributed by atoms with E-state index in [1.165, 1.54) is 19.3 Å². The third-order valence-corrected chi connectivity index (χ3v) is 4.63. The van der Waals surface area contributed by atoms with E-state index in [4.69, 9.17) is 9.47 Å². The summed E-state index contributed by atoms with van der Waals surface area (Å²) in [6.07, 6.45) is 9.70. The number of nitrogens with zero attached hydrogens (tertiary/aromatic N) is 4. The van der Waals surface area contributed by atoms with Gasteiger partial charge >= 0.3 is 0 Å². The topological polar surface area (TPSA) is 80.6 Å². The van der Waals surface area contributed by atoms with Gasteiger partial charge in [-0.15, -0.1) is 0 Å². The monoisotopic (exact) mass is 342 g/mol. The number of aliphatic hydroxyl groups is 1. The maximum atomic E-state index is 9.27.